The summed E-state index contributed by atoms with van der Waals surface area (Å²) in [6.07, 6.45) is 15.0. The lowest BCUT2D eigenvalue weighted by atomic mass is 9.51. The molecule has 0 amide bonds. The Kier molecular flexibility index (Phi) is 10.0. The zero-order valence-corrected chi connectivity index (χ0v) is 30.0. The molecule has 0 radical (unpaired) electrons. The molecule has 0 aromatic heterocycles. The number of carbonyl (C=O) groups is 1. The number of nitrogens with zero attached hydrogens (tertiary/aromatic N) is 2. The van der Waals surface area contributed by atoms with E-state index in [0.29, 0.717) is 29.7 Å². The number of rotatable bonds is 16. The number of likely N-dealkylation sites (tertiary alicyclic amines) is 1. The number of hydrogen-bond acceptors (Lipinski definition) is 6. The number of carbonyl (C=O) groups excluding carboxylic acids is 1. The van der Waals surface area contributed by atoms with Gasteiger partial charge in [0.25, 0.3) is 0 Å². The van der Waals surface area contributed by atoms with Gasteiger partial charge in [0.05, 0.1) is 6.10 Å². The normalized spacial score (nSPS) is 29.0. The molecule has 2 aliphatic heterocycles. The first kappa shape index (κ1) is 33.9. The molecule has 1 N–H and O–H groups in total. The SMILES string of the molecule is CC(=O)Oc1ccc2c3c1O[C@H]1[C@@H](N(CCCCCCc4ccccc4)CCCCc4ccccc4)CC[C@H]4[C@@H](C2)N(CC2CC2O)CC[C@@]341. The molecule has 2 unspecified atom stereocenters. The van der Waals surface area contributed by atoms with Crippen LogP contribution in [0.1, 0.15) is 93.4 Å². The molecule has 3 aliphatic carbocycles. The van der Waals surface area contributed by atoms with E-state index in [9.17, 15) is 9.90 Å². The van der Waals surface area contributed by atoms with E-state index in [1.807, 2.05) is 6.07 Å². The molecule has 3 aromatic carbocycles. The molecular weight excluding hydrogens is 620 g/mol. The van der Waals surface area contributed by atoms with E-state index in [1.165, 1.54) is 74.1 Å². The average molecular weight is 677 g/mol. The Morgan fingerprint density at radius 1 is 0.900 bits per heavy atom. The minimum atomic E-state index is -0.288. The zero-order valence-electron chi connectivity index (χ0n) is 30.0. The van der Waals surface area contributed by atoms with E-state index in [-0.39, 0.29) is 23.6 Å². The Morgan fingerprint density at radius 2 is 1.56 bits per heavy atom. The molecule has 6 heteroatoms. The Bertz CT molecular complexity index is 1610. The molecule has 1 saturated heterocycles. The summed E-state index contributed by atoms with van der Waals surface area (Å²) in [4.78, 5) is 17.8. The van der Waals surface area contributed by atoms with E-state index in [2.05, 4.69) is 76.5 Å². The third-order valence-electron chi connectivity index (χ3n) is 13.0. The first-order valence-electron chi connectivity index (χ1n) is 19.8. The number of ether oxygens (including phenoxy) is 2. The van der Waals surface area contributed by atoms with Crippen molar-refractivity contribution in [1.29, 1.82) is 0 Å². The van der Waals surface area contributed by atoms with Crippen LogP contribution in [0.4, 0.5) is 0 Å². The van der Waals surface area contributed by atoms with E-state index < -0.39 is 0 Å². The lowest BCUT2D eigenvalue weighted by molar-refractivity contribution is -0.132. The van der Waals surface area contributed by atoms with Crippen molar-refractivity contribution in [1.82, 2.24) is 9.80 Å². The third-order valence-corrected chi connectivity index (χ3v) is 13.0. The van der Waals surface area contributed by atoms with Crippen molar-refractivity contribution in [2.45, 2.75) is 120 Å². The van der Waals surface area contributed by atoms with Crippen LogP contribution in [-0.2, 0) is 29.5 Å². The Balaban J connectivity index is 1.02. The highest BCUT2D eigenvalue weighted by Gasteiger charge is 2.66. The molecule has 8 rings (SSSR count). The second kappa shape index (κ2) is 14.8. The van der Waals surface area contributed by atoms with Crippen LogP contribution < -0.4 is 9.47 Å². The summed E-state index contributed by atoms with van der Waals surface area (Å²) >= 11 is 0. The van der Waals surface area contributed by atoms with Crippen LogP contribution in [0.25, 0.3) is 0 Å². The van der Waals surface area contributed by atoms with Crippen LogP contribution in [0.5, 0.6) is 11.5 Å². The zero-order chi connectivity index (χ0) is 34.1. The average Bonchev–Trinajstić information content (AvgIpc) is 3.71. The number of unbranched alkanes of at least 4 members (excludes halogenated alkanes) is 4. The highest BCUT2D eigenvalue weighted by molar-refractivity contribution is 5.72. The summed E-state index contributed by atoms with van der Waals surface area (Å²) in [5.74, 6) is 2.12. The molecule has 50 heavy (non-hydrogen) atoms. The number of benzene rings is 3. The Morgan fingerprint density at radius 3 is 2.24 bits per heavy atom. The second-order valence-electron chi connectivity index (χ2n) is 16.1. The van der Waals surface area contributed by atoms with Gasteiger partial charge in [0.15, 0.2) is 11.5 Å². The fourth-order valence-electron chi connectivity index (χ4n) is 10.5. The summed E-state index contributed by atoms with van der Waals surface area (Å²) in [6, 6.07) is 26.9. The number of aliphatic hydroxyl groups excluding tert-OH is 1. The van der Waals surface area contributed by atoms with Crippen LogP contribution in [0, 0.1) is 11.8 Å². The lowest BCUT2D eigenvalue weighted by Gasteiger charge is -2.60. The highest BCUT2D eigenvalue weighted by atomic mass is 16.6. The number of aryl methyl sites for hydroxylation is 2. The number of hydrogen-bond donors (Lipinski definition) is 1. The van der Waals surface area contributed by atoms with Crippen molar-refractivity contribution < 1.29 is 19.4 Å². The molecule has 5 aliphatic rings. The van der Waals surface area contributed by atoms with Crippen molar-refractivity contribution in [2.75, 3.05) is 26.2 Å². The van der Waals surface area contributed by atoms with E-state index in [1.54, 1.807) is 0 Å². The van der Waals surface area contributed by atoms with Gasteiger partial charge in [-0.3, -0.25) is 14.6 Å². The van der Waals surface area contributed by atoms with Crippen molar-refractivity contribution in [2.24, 2.45) is 11.8 Å². The second-order valence-corrected chi connectivity index (χ2v) is 16.1. The van der Waals surface area contributed by atoms with Crippen LogP contribution in [-0.4, -0.2) is 71.3 Å². The summed E-state index contributed by atoms with van der Waals surface area (Å²) < 4.78 is 13.1. The standard InChI is InChI=1S/C44H56N2O4/c1-31(47)49-40-23-20-34-28-38-36-21-22-37(43-44(36,41(34)42(40)50-43)24-27-46(38)30-35-29-39(35)48)45(26-13-11-19-33-17-9-5-10-18-33)25-12-3-2-6-14-32-15-7-4-8-16-32/h4-5,7-10,15-18,20,23,35-39,43,48H,2-3,6,11-14,19,21-22,24-30H2,1H3/t35?,36-,37-,38+,39?,43-,44-/m0/s1. The maximum Gasteiger partial charge on any atom is 0.308 e. The van der Waals surface area contributed by atoms with Crippen LogP contribution >= 0.6 is 0 Å². The van der Waals surface area contributed by atoms with E-state index in [0.717, 1.165) is 70.5 Å². The molecule has 6 nitrogen and oxygen atoms in total. The maximum atomic E-state index is 12.3. The first-order chi connectivity index (χ1) is 24.5. The fraction of sp³-hybridized carbons (Fsp3) is 0.568. The molecule has 2 heterocycles. The minimum Gasteiger partial charge on any atom is -0.484 e. The quantitative estimate of drug-likeness (QED) is 0.0962. The van der Waals surface area contributed by atoms with Gasteiger partial charge in [-0.2, -0.15) is 0 Å². The van der Waals surface area contributed by atoms with Crippen molar-refractivity contribution in [3.63, 3.8) is 0 Å². The predicted molar refractivity (Wildman–Crippen MR) is 198 cm³/mol. The molecule has 266 valence electrons. The van der Waals surface area contributed by atoms with Gasteiger partial charge in [-0.1, -0.05) is 79.6 Å². The lowest BCUT2D eigenvalue weighted by Crippen LogP contribution is -2.69. The minimum absolute atomic E-state index is 0.0523. The van der Waals surface area contributed by atoms with Crippen molar-refractivity contribution >= 4 is 5.97 Å². The van der Waals surface area contributed by atoms with Crippen LogP contribution in [0.3, 0.4) is 0 Å². The summed E-state index contributed by atoms with van der Waals surface area (Å²) in [7, 11) is 0. The van der Waals surface area contributed by atoms with Gasteiger partial charge in [-0.25, -0.2) is 0 Å². The Hall–Kier alpha value is -3.19. The molecular formula is C44H56N2O4. The number of piperidine rings is 1. The molecule has 3 aromatic rings. The fourth-order valence-corrected chi connectivity index (χ4v) is 10.5. The summed E-state index contributed by atoms with van der Waals surface area (Å²) in [5, 5.41) is 10.3. The Labute approximate surface area is 299 Å². The third kappa shape index (κ3) is 6.76. The molecule has 2 bridgehead atoms. The van der Waals surface area contributed by atoms with Crippen LogP contribution in [0.2, 0.25) is 0 Å². The van der Waals surface area contributed by atoms with Gasteiger partial charge in [-0.05, 0) is 119 Å². The first-order valence-corrected chi connectivity index (χ1v) is 19.8. The predicted octanol–water partition coefficient (Wildman–Crippen LogP) is 7.53. The monoisotopic (exact) mass is 676 g/mol. The van der Waals surface area contributed by atoms with Crippen molar-refractivity contribution in [3.05, 3.63) is 95.1 Å². The van der Waals surface area contributed by atoms with Gasteiger partial charge in [0.1, 0.15) is 6.10 Å². The summed E-state index contributed by atoms with van der Waals surface area (Å²) in [6.45, 7) is 5.76. The van der Waals surface area contributed by atoms with Crippen molar-refractivity contribution in [3.8, 4) is 11.5 Å². The largest absolute Gasteiger partial charge is 0.484 e. The van der Waals surface area contributed by atoms with E-state index >= 15 is 0 Å². The number of esters is 1. The highest BCUT2D eigenvalue weighted by Crippen LogP contribution is 2.64. The molecule has 1 spiro atoms. The molecule has 7 atom stereocenters. The van der Waals surface area contributed by atoms with Gasteiger partial charge in [0.2, 0.25) is 0 Å². The summed E-state index contributed by atoms with van der Waals surface area (Å²) in [5.41, 5.74) is 5.57. The van der Waals surface area contributed by atoms with Crippen LogP contribution in [0.15, 0.2) is 72.8 Å². The number of aliphatic hydroxyl groups is 1. The maximum absolute atomic E-state index is 12.3. The smallest absolute Gasteiger partial charge is 0.308 e. The van der Waals surface area contributed by atoms with Gasteiger partial charge >= 0.3 is 5.97 Å². The van der Waals surface area contributed by atoms with Gasteiger partial charge < -0.3 is 14.6 Å². The van der Waals surface area contributed by atoms with E-state index in [4.69, 9.17) is 9.47 Å². The topological polar surface area (TPSA) is 62.2 Å². The van der Waals surface area contributed by atoms with Gasteiger partial charge in [0, 0.05) is 42.4 Å². The molecule has 2 saturated carbocycles. The molecule has 3 fully saturated rings. The van der Waals surface area contributed by atoms with Gasteiger partial charge in [-0.15, -0.1) is 0 Å².